The van der Waals surface area contributed by atoms with Gasteiger partial charge in [-0.15, -0.1) is 11.8 Å². The van der Waals surface area contributed by atoms with E-state index in [1.807, 2.05) is 32.0 Å². The van der Waals surface area contributed by atoms with Gasteiger partial charge >= 0.3 is 0 Å². The van der Waals surface area contributed by atoms with Crippen molar-refractivity contribution in [2.45, 2.75) is 38.6 Å². The summed E-state index contributed by atoms with van der Waals surface area (Å²) < 4.78 is 27.1. The lowest BCUT2D eigenvalue weighted by Gasteiger charge is -2.24. The van der Waals surface area contributed by atoms with Gasteiger partial charge in [0.25, 0.3) is 5.91 Å². The Labute approximate surface area is 194 Å². The number of sulfonamides is 1. The van der Waals surface area contributed by atoms with Gasteiger partial charge in [-0.05, 0) is 55.3 Å². The maximum Gasteiger partial charge on any atom is 0.255 e. The Bertz CT molecular complexity index is 1110. The number of aryl methyl sites for hydroxylation is 2. The molecule has 1 fully saturated rings. The number of rotatable bonds is 7. The van der Waals surface area contributed by atoms with Crippen molar-refractivity contribution in [1.29, 1.82) is 0 Å². The molecule has 0 radical (unpaired) electrons. The molecule has 9 heteroatoms. The van der Waals surface area contributed by atoms with Crippen molar-refractivity contribution in [2.75, 3.05) is 30.0 Å². The first-order valence-corrected chi connectivity index (χ1v) is 13.2. The van der Waals surface area contributed by atoms with E-state index in [4.69, 9.17) is 0 Å². The number of carbonyl (C=O) groups is 2. The number of anilines is 1. The molecule has 0 aromatic heterocycles. The summed E-state index contributed by atoms with van der Waals surface area (Å²) in [4.78, 5) is 27.7. The molecule has 172 valence electrons. The van der Waals surface area contributed by atoms with E-state index in [-0.39, 0.29) is 22.3 Å². The number of nitrogens with one attached hydrogen (secondary N) is 1. The van der Waals surface area contributed by atoms with Gasteiger partial charge in [0.05, 0.1) is 10.8 Å². The molecule has 0 spiro atoms. The molecule has 32 heavy (non-hydrogen) atoms. The standard InChI is InChI=1S/C23H29N3O4S2/c1-5-25(6-2)32(29,30)20-9-7-8-18(13-20)23(28)26-15-31-14-21(26)22(27)24-19-11-10-16(3)17(4)12-19/h7-13,21H,5-6,14-15H2,1-4H3,(H,24,27). The van der Waals surface area contributed by atoms with Gasteiger partial charge in [0, 0.05) is 30.1 Å². The van der Waals surface area contributed by atoms with Crippen LogP contribution in [0.3, 0.4) is 0 Å². The summed E-state index contributed by atoms with van der Waals surface area (Å²) in [5.74, 6) is 0.252. The van der Waals surface area contributed by atoms with Gasteiger partial charge in [-0.25, -0.2) is 8.42 Å². The van der Waals surface area contributed by atoms with Gasteiger partial charge in [0.15, 0.2) is 0 Å². The van der Waals surface area contributed by atoms with E-state index >= 15 is 0 Å². The lowest BCUT2D eigenvalue weighted by molar-refractivity contribution is -0.119. The molecule has 0 aliphatic carbocycles. The van der Waals surface area contributed by atoms with E-state index in [1.54, 1.807) is 26.0 Å². The molecule has 1 atom stereocenters. The van der Waals surface area contributed by atoms with Crippen LogP contribution in [0.1, 0.15) is 35.3 Å². The topological polar surface area (TPSA) is 86.8 Å². The molecule has 1 heterocycles. The number of nitrogens with zero attached hydrogens (tertiary/aromatic N) is 2. The van der Waals surface area contributed by atoms with E-state index in [2.05, 4.69) is 5.32 Å². The Hall–Kier alpha value is -2.36. The average Bonchev–Trinajstić information content (AvgIpc) is 3.26. The number of hydrogen-bond acceptors (Lipinski definition) is 5. The van der Waals surface area contributed by atoms with Crippen molar-refractivity contribution in [2.24, 2.45) is 0 Å². The Morgan fingerprint density at radius 1 is 1.09 bits per heavy atom. The van der Waals surface area contributed by atoms with Crippen LogP contribution in [-0.4, -0.2) is 60.2 Å². The fraction of sp³-hybridized carbons (Fsp3) is 0.391. The molecular formula is C23H29N3O4S2. The molecule has 2 aromatic carbocycles. The predicted octanol–water partition coefficient (Wildman–Crippen LogP) is 3.49. The molecule has 2 amide bonds. The van der Waals surface area contributed by atoms with Gasteiger partial charge in [-0.1, -0.05) is 26.0 Å². The molecule has 1 unspecified atom stereocenters. The molecule has 7 nitrogen and oxygen atoms in total. The Kier molecular flexibility index (Phi) is 7.63. The summed E-state index contributed by atoms with van der Waals surface area (Å²) in [6.45, 7) is 8.22. The van der Waals surface area contributed by atoms with Crippen LogP contribution in [0.4, 0.5) is 5.69 Å². The van der Waals surface area contributed by atoms with Crippen molar-refractivity contribution in [3.05, 3.63) is 59.2 Å². The van der Waals surface area contributed by atoms with Crippen LogP contribution < -0.4 is 5.32 Å². The molecule has 1 aliphatic heterocycles. The minimum Gasteiger partial charge on any atom is -0.324 e. The quantitative estimate of drug-likeness (QED) is 0.663. The SMILES string of the molecule is CCN(CC)S(=O)(=O)c1cccc(C(=O)N2CSCC2C(=O)Nc2ccc(C)c(C)c2)c1. The zero-order valence-electron chi connectivity index (χ0n) is 18.8. The summed E-state index contributed by atoms with van der Waals surface area (Å²) in [6.07, 6.45) is 0. The van der Waals surface area contributed by atoms with E-state index in [1.165, 1.54) is 33.1 Å². The predicted molar refractivity (Wildman–Crippen MR) is 128 cm³/mol. The summed E-state index contributed by atoms with van der Waals surface area (Å²) >= 11 is 1.50. The van der Waals surface area contributed by atoms with Crippen molar-refractivity contribution >= 4 is 39.3 Å². The second-order valence-corrected chi connectivity index (χ2v) is 10.6. The fourth-order valence-corrected chi connectivity index (χ4v) is 6.23. The largest absolute Gasteiger partial charge is 0.324 e. The molecule has 0 bridgehead atoms. The number of thioether (sulfide) groups is 1. The summed E-state index contributed by atoms with van der Waals surface area (Å²) in [6, 6.07) is 11.1. The first-order valence-electron chi connectivity index (χ1n) is 10.6. The molecule has 2 aromatic rings. The highest BCUT2D eigenvalue weighted by Gasteiger charge is 2.35. The van der Waals surface area contributed by atoms with Crippen LogP contribution in [0.15, 0.2) is 47.4 Å². The molecule has 1 N–H and O–H groups in total. The third kappa shape index (κ3) is 5.00. The second kappa shape index (κ2) is 10.1. The number of benzene rings is 2. The summed E-state index contributed by atoms with van der Waals surface area (Å²) in [7, 11) is -3.68. The van der Waals surface area contributed by atoms with Crippen molar-refractivity contribution in [3.8, 4) is 0 Å². The van der Waals surface area contributed by atoms with E-state index < -0.39 is 16.1 Å². The lowest BCUT2D eigenvalue weighted by Crippen LogP contribution is -2.44. The maximum atomic E-state index is 13.2. The molecule has 3 rings (SSSR count). The average molecular weight is 476 g/mol. The first kappa shape index (κ1) is 24.3. The highest BCUT2D eigenvalue weighted by molar-refractivity contribution is 7.99. The van der Waals surface area contributed by atoms with Gasteiger partial charge < -0.3 is 10.2 Å². The summed E-state index contributed by atoms with van der Waals surface area (Å²) in [5, 5.41) is 2.91. The maximum absolute atomic E-state index is 13.2. The van der Waals surface area contributed by atoms with Crippen molar-refractivity contribution in [1.82, 2.24) is 9.21 Å². The summed E-state index contributed by atoms with van der Waals surface area (Å²) in [5.41, 5.74) is 3.15. The Morgan fingerprint density at radius 3 is 2.47 bits per heavy atom. The zero-order chi connectivity index (χ0) is 23.5. The van der Waals surface area contributed by atoms with E-state index in [9.17, 15) is 18.0 Å². The zero-order valence-corrected chi connectivity index (χ0v) is 20.4. The second-order valence-electron chi connectivity index (χ2n) is 7.70. The van der Waals surface area contributed by atoms with Crippen LogP contribution in [0.5, 0.6) is 0 Å². The van der Waals surface area contributed by atoms with Crippen LogP contribution in [0.25, 0.3) is 0 Å². The third-order valence-electron chi connectivity index (χ3n) is 5.64. The first-order chi connectivity index (χ1) is 15.2. The molecule has 0 saturated carbocycles. The number of amides is 2. The van der Waals surface area contributed by atoms with Gasteiger partial charge in [0.2, 0.25) is 15.9 Å². The normalized spacial score (nSPS) is 16.4. The minimum atomic E-state index is -3.68. The van der Waals surface area contributed by atoms with Gasteiger partial charge in [0.1, 0.15) is 6.04 Å². The van der Waals surface area contributed by atoms with Gasteiger partial charge in [-0.3, -0.25) is 9.59 Å². The van der Waals surface area contributed by atoms with Crippen molar-refractivity contribution < 1.29 is 18.0 Å². The Balaban J connectivity index is 1.81. The van der Waals surface area contributed by atoms with Crippen molar-refractivity contribution in [3.63, 3.8) is 0 Å². The van der Waals surface area contributed by atoms with Crippen LogP contribution in [0, 0.1) is 13.8 Å². The van der Waals surface area contributed by atoms with Crippen LogP contribution in [-0.2, 0) is 14.8 Å². The Morgan fingerprint density at radius 2 is 1.81 bits per heavy atom. The van der Waals surface area contributed by atoms with Crippen LogP contribution in [0.2, 0.25) is 0 Å². The fourth-order valence-electron chi connectivity index (χ4n) is 3.57. The molecule has 1 aliphatic rings. The highest BCUT2D eigenvalue weighted by atomic mass is 32.2. The lowest BCUT2D eigenvalue weighted by atomic mass is 10.1. The minimum absolute atomic E-state index is 0.0787. The molecular weight excluding hydrogens is 446 g/mol. The number of carbonyl (C=O) groups excluding carboxylic acids is 2. The van der Waals surface area contributed by atoms with Gasteiger partial charge in [-0.2, -0.15) is 4.31 Å². The van der Waals surface area contributed by atoms with E-state index in [0.717, 1.165) is 11.1 Å². The van der Waals surface area contributed by atoms with Crippen LogP contribution >= 0.6 is 11.8 Å². The monoisotopic (exact) mass is 475 g/mol. The molecule has 1 saturated heterocycles. The third-order valence-corrected chi connectivity index (χ3v) is 8.70. The number of hydrogen-bond donors (Lipinski definition) is 1. The smallest absolute Gasteiger partial charge is 0.255 e. The highest BCUT2D eigenvalue weighted by Crippen LogP contribution is 2.26. The van der Waals surface area contributed by atoms with E-state index in [0.29, 0.717) is 30.4 Å².